The van der Waals surface area contributed by atoms with Gasteiger partial charge in [-0.15, -0.1) is 11.8 Å². The van der Waals surface area contributed by atoms with E-state index in [1.54, 1.807) is 18.0 Å². The molecule has 0 aliphatic carbocycles. The minimum Gasteiger partial charge on any atom is -0.481 e. The molecule has 0 fully saturated rings. The van der Waals surface area contributed by atoms with Crippen molar-refractivity contribution in [1.82, 2.24) is 4.90 Å². The number of carbonyl (C=O) groups excluding carboxylic acids is 1. The summed E-state index contributed by atoms with van der Waals surface area (Å²) in [4.78, 5) is 25.0. The van der Waals surface area contributed by atoms with Crippen molar-refractivity contribution in [3.63, 3.8) is 0 Å². The lowest BCUT2D eigenvalue weighted by Crippen LogP contribution is -2.34. The van der Waals surface area contributed by atoms with Crippen LogP contribution in [0.4, 0.5) is 0 Å². The molecule has 1 aromatic carbocycles. The van der Waals surface area contributed by atoms with Crippen molar-refractivity contribution in [3.8, 4) is 0 Å². The molecule has 1 N–H and O–H groups in total. The van der Waals surface area contributed by atoms with E-state index in [-0.39, 0.29) is 17.6 Å². The summed E-state index contributed by atoms with van der Waals surface area (Å²) in [5.74, 6) is -0.871. The van der Waals surface area contributed by atoms with E-state index in [9.17, 15) is 9.59 Å². The molecular weight excluding hydrogens is 298 g/mol. The summed E-state index contributed by atoms with van der Waals surface area (Å²) in [6.07, 6.45) is 0.532. The third-order valence-corrected chi connectivity index (χ3v) is 4.36. The number of hydrogen-bond acceptors (Lipinski definition) is 3. The maximum Gasteiger partial charge on any atom is 0.303 e. The molecular formula is C14H18ClNO3S. The van der Waals surface area contributed by atoms with Gasteiger partial charge in [-0.2, -0.15) is 0 Å². The normalized spacial score (nSPS) is 11.9. The molecule has 0 aromatic heterocycles. The molecule has 20 heavy (non-hydrogen) atoms. The summed E-state index contributed by atoms with van der Waals surface area (Å²) >= 11 is 7.47. The third-order valence-electron chi connectivity index (χ3n) is 2.75. The summed E-state index contributed by atoms with van der Waals surface area (Å²) in [6, 6.07) is 7.39. The number of aliphatic carboxylic acids is 1. The summed E-state index contributed by atoms with van der Waals surface area (Å²) in [5, 5.41) is 8.95. The van der Waals surface area contributed by atoms with E-state index < -0.39 is 5.97 Å². The van der Waals surface area contributed by atoms with Gasteiger partial charge in [0.25, 0.3) is 0 Å². The van der Waals surface area contributed by atoms with E-state index in [1.165, 1.54) is 11.8 Å². The standard InChI is InChI=1S/C14H18ClNO3S/c1-10(20-12-7-4-3-6-11(12)15)14(19)16(2)9-5-8-13(17)18/h3-4,6-7,10H,5,8-9H2,1-2H3,(H,17,18). The molecule has 0 bridgehead atoms. The highest BCUT2D eigenvalue weighted by atomic mass is 35.5. The van der Waals surface area contributed by atoms with Crippen molar-refractivity contribution < 1.29 is 14.7 Å². The van der Waals surface area contributed by atoms with Gasteiger partial charge in [-0.05, 0) is 25.5 Å². The zero-order valence-corrected chi connectivity index (χ0v) is 13.1. The molecule has 0 saturated carbocycles. The van der Waals surface area contributed by atoms with Gasteiger partial charge in [0.15, 0.2) is 0 Å². The first kappa shape index (κ1) is 16.9. The molecule has 0 heterocycles. The van der Waals surface area contributed by atoms with Crippen LogP contribution in [0.3, 0.4) is 0 Å². The highest BCUT2D eigenvalue weighted by molar-refractivity contribution is 8.00. The lowest BCUT2D eigenvalue weighted by atomic mass is 10.3. The zero-order chi connectivity index (χ0) is 15.1. The third kappa shape index (κ3) is 5.43. The average Bonchev–Trinajstić information content (AvgIpc) is 2.39. The van der Waals surface area contributed by atoms with Gasteiger partial charge in [0.2, 0.25) is 5.91 Å². The van der Waals surface area contributed by atoms with Crippen LogP contribution < -0.4 is 0 Å². The first-order valence-electron chi connectivity index (χ1n) is 6.29. The Hall–Kier alpha value is -1.20. The lowest BCUT2D eigenvalue weighted by molar-refractivity contribution is -0.137. The molecule has 6 heteroatoms. The van der Waals surface area contributed by atoms with E-state index in [2.05, 4.69) is 0 Å². The molecule has 110 valence electrons. The van der Waals surface area contributed by atoms with E-state index in [0.29, 0.717) is 18.0 Å². The fourth-order valence-corrected chi connectivity index (χ4v) is 2.94. The Morgan fingerprint density at radius 3 is 2.65 bits per heavy atom. The number of thioether (sulfide) groups is 1. The van der Waals surface area contributed by atoms with Gasteiger partial charge in [0.05, 0.1) is 10.3 Å². The second-order valence-electron chi connectivity index (χ2n) is 4.45. The van der Waals surface area contributed by atoms with Crippen LogP contribution in [-0.2, 0) is 9.59 Å². The Bertz CT molecular complexity index is 481. The summed E-state index contributed by atoms with van der Waals surface area (Å²) < 4.78 is 0. The molecule has 1 atom stereocenters. The SMILES string of the molecule is CC(Sc1ccccc1Cl)C(=O)N(C)CCCC(=O)O. The van der Waals surface area contributed by atoms with Gasteiger partial charge in [-0.1, -0.05) is 23.7 Å². The van der Waals surface area contributed by atoms with Gasteiger partial charge in [-0.25, -0.2) is 0 Å². The van der Waals surface area contributed by atoms with Crippen molar-refractivity contribution in [2.45, 2.75) is 29.9 Å². The minimum atomic E-state index is -0.843. The number of nitrogens with zero attached hydrogens (tertiary/aromatic N) is 1. The van der Waals surface area contributed by atoms with Crippen LogP contribution in [0.5, 0.6) is 0 Å². The zero-order valence-electron chi connectivity index (χ0n) is 11.5. The van der Waals surface area contributed by atoms with Gasteiger partial charge < -0.3 is 10.0 Å². The smallest absolute Gasteiger partial charge is 0.303 e. The van der Waals surface area contributed by atoms with Crippen LogP contribution in [-0.4, -0.2) is 40.7 Å². The van der Waals surface area contributed by atoms with Crippen LogP contribution in [0.2, 0.25) is 5.02 Å². The molecule has 0 saturated heterocycles. The quantitative estimate of drug-likeness (QED) is 0.785. The summed E-state index contributed by atoms with van der Waals surface area (Å²) in [6.45, 7) is 2.27. The van der Waals surface area contributed by atoms with Crippen LogP contribution in [0, 0.1) is 0 Å². The predicted octanol–water partition coefficient (Wildman–Crippen LogP) is 3.14. The van der Waals surface area contributed by atoms with E-state index in [1.807, 2.05) is 25.1 Å². The van der Waals surface area contributed by atoms with Crippen LogP contribution >= 0.6 is 23.4 Å². The fourth-order valence-electron chi connectivity index (χ4n) is 1.67. The maximum absolute atomic E-state index is 12.1. The molecule has 0 aliphatic rings. The monoisotopic (exact) mass is 315 g/mol. The molecule has 0 radical (unpaired) electrons. The van der Waals surface area contributed by atoms with Crippen molar-refractivity contribution in [2.24, 2.45) is 0 Å². The number of carboxylic acid groups (broad SMARTS) is 1. The number of halogens is 1. The predicted molar refractivity (Wildman–Crippen MR) is 81.3 cm³/mol. The van der Waals surface area contributed by atoms with Crippen LogP contribution in [0.15, 0.2) is 29.2 Å². The molecule has 1 rings (SSSR count). The number of benzene rings is 1. The van der Waals surface area contributed by atoms with Crippen LogP contribution in [0.1, 0.15) is 19.8 Å². The molecule has 1 amide bonds. The number of rotatable bonds is 7. The molecule has 4 nitrogen and oxygen atoms in total. The number of carboxylic acids is 1. The average molecular weight is 316 g/mol. The van der Waals surface area contributed by atoms with Gasteiger partial charge >= 0.3 is 5.97 Å². The first-order valence-corrected chi connectivity index (χ1v) is 7.55. The Labute approximate surface area is 128 Å². The minimum absolute atomic E-state index is 0.0275. The lowest BCUT2D eigenvalue weighted by Gasteiger charge is -2.21. The molecule has 1 unspecified atom stereocenters. The second kappa shape index (κ2) is 8.17. The number of hydrogen-bond donors (Lipinski definition) is 1. The summed E-state index contributed by atoms with van der Waals surface area (Å²) in [7, 11) is 1.69. The van der Waals surface area contributed by atoms with E-state index in [0.717, 1.165) is 4.90 Å². The Morgan fingerprint density at radius 1 is 1.40 bits per heavy atom. The molecule has 0 spiro atoms. The number of carbonyl (C=O) groups is 2. The maximum atomic E-state index is 12.1. The van der Waals surface area contributed by atoms with Gasteiger partial charge in [-0.3, -0.25) is 9.59 Å². The highest BCUT2D eigenvalue weighted by Crippen LogP contribution is 2.30. The Morgan fingerprint density at radius 2 is 2.05 bits per heavy atom. The topological polar surface area (TPSA) is 57.6 Å². The largest absolute Gasteiger partial charge is 0.481 e. The van der Waals surface area contributed by atoms with Gasteiger partial charge in [0.1, 0.15) is 0 Å². The van der Waals surface area contributed by atoms with Crippen LogP contribution in [0.25, 0.3) is 0 Å². The second-order valence-corrected chi connectivity index (χ2v) is 6.24. The first-order chi connectivity index (χ1) is 9.41. The van der Waals surface area contributed by atoms with Crippen molar-refractivity contribution in [1.29, 1.82) is 0 Å². The van der Waals surface area contributed by atoms with Gasteiger partial charge in [0, 0.05) is 24.9 Å². The Balaban J connectivity index is 2.50. The van der Waals surface area contributed by atoms with Crippen molar-refractivity contribution in [3.05, 3.63) is 29.3 Å². The Kier molecular flexibility index (Phi) is 6.88. The highest BCUT2D eigenvalue weighted by Gasteiger charge is 2.19. The van der Waals surface area contributed by atoms with E-state index >= 15 is 0 Å². The fraction of sp³-hybridized carbons (Fsp3) is 0.429. The molecule has 0 aliphatic heterocycles. The van der Waals surface area contributed by atoms with Crippen molar-refractivity contribution in [2.75, 3.05) is 13.6 Å². The summed E-state index contributed by atoms with van der Waals surface area (Å²) in [5.41, 5.74) is 0. The van der Waals surface area contributed by atoms with E-state index in [4.69, 9.17) is 16.7 Å². The van der Waals surface area contributed by atoms with Crippen molar-refractivity contribution >= 4 is 35.2 Å². The molecule has 1 aromatic rings. The number of amides is 1.